The largest absolute Gasteiger partial charge is 0.396 e. The second kappa shape index (κ2) is 5.49. The van der Waals surface area contributed by atoms with Gasteiger partial charge in [-0.3, -0.25) is 0 Å². The number of rotatable bonds is 4. The van der Waals surface area contributed by atoms with Gasteiger partial charge in [0.15, 0.2) is 0 Å². The second-order valence-electron chi connectivity index (χ2n) is 4.84. The molecule has 1 N–H and O–H groups in total. The molecule has 0 fully saturated rings. The third kappa shape index (κ3) is 2.46. The van der Waals surface area contributed by atoms with Crippen molar-refractivity contribution >= 4 is 0 Å². The molecule has 0 aromatic heterocycles. The Kier molecular flexibility index (Phi) is 4.55. The van der Waals surface area contributed by atoms with Crippen molar-refractivity contribution < 1.29 is 5.11 Å². The summed E-state index contributed by atoms with van der Waals surface area (Å²) in [6, 6.07) is 2.24. The van der Waals surface area contributed by atoms with Gasteiger partial charge in [0.05, 0.1) is 0 Å². The molecule has 0 heterocycles. The van der Waals surface area contributed by atoms with E-state index < -0.39 is 0 Å². The summed E-state index contributed by atoms with van der Waals surface area (Å²) in [5.74, 6) is 0.309. The van der Waals surface area contributed by atoms with E-state index in [1.54, 1.807) is 0 Å². The maximum Gasteiger partial charge on any atom is 0.0499 e. The summed E-state index contributed by atoms with van der Waals surface area (Å²) in [7, 11) is 0. The van der Waals surface area contributed by atoms with Crippen molar-refractivity contribution in [1.29, 1.82) is 0 Å². The molecule has 0 aliphatic carbocycles. The summed E-state index contributed by atoms with van der Waals surface area (Å²) in [5.41, 5.74) is 6.77. The minimum Gasteiger partial charge on any atom is -0.396 e. The quantitative estimate of drug-likeness (QED) is 0.818. The predicted octanol–water partition coefficient (Wildman–Crippen LogP) is 3.80. The van der Waals surface area contributed by atoms with Crippen molar-refractivity contribution in [2.45, 2.75) is 53.4 Å². The van der Waals surface area contributed by atoms with Crippen molar-refractivity contribution in [2.24, 2.45) is 0 Å². The van der Waals surface area contributed by atoms with Gasteiger partial charge in [0, 0.05) is 12.5 Å². The molecule has 16 heavy (non-hydrogen) atoms. The van der Waals surface area contributed by atoms with Crippen LogP contribution >= 0.6 is 0 Å². The van der Waals surface area contributed by atoms with Crippen LogP contribution in [0.4, 0.5) is 0 Å². The first-order valence-corrected chi connectivity index (χ1v) is 6.21. The Morgan fingerprint density at radius 2 is 1.56 bits per heavy atom. The van der Waals surface area contributed by atoms with E-state index in [0.717, 1.165) is 12.8 Å². The lowest BCUT2D eigenvalue weighted by molar-refractivity contribution is 0.257. The van der Waals surface area contributed by atoms with E-state index in [-0.39, 0.29) is 6.61 Å². The zero-order chi connectivity index (χ0) is 12.3. The topological polar surface area (TPSA) is 20.2 Å². The Bertz CT molecular complexity index is 340. The van der Waals surface area contributed by atoms with Crippen molar-refractivity contribution in [3.8, 4) is 0 Å². The van der Waals surface area contributed by atoms with Gasteiger partial charge >= 0.3 is 0 Å². The van der Waals surface area contributed by atoms with Crippen LogP contribution in [0.2, 0.25) is 0 Å². The molecule has 0 spiro atoms. The van der Waals surface area contributed by atoms with E-state index in [1.807, 2.05) is 0 Å². The first-order chi connectivity index (χ1) is 7.52. The number of hydrogen-bond donors (Lipinski definition) is 1. The van der Waals surface area contributed by atoms with E-state index in [9.17, 15) is 5.11 Å². The zero-order valence-electron chi connectivity index (χ0n) is 11.2. The standard InChI is InChI=1S/C15H24O/c1-6-7-14(9-16)15-12(4)10(2)8-11(3)13(15)5/h8,14,16H,6-7,9H2,1-5H3. The van der Waals surface area contributed by atoms with Gasteiger partial charge in [-0.1, -0.05) is 19.4 Å². The van der Waals surface area contributed by atoms with E-state index in [4.69, 9.17) is 0 Å². The monoisotopic (exact) mass is 220 g/mol. The van der Waals surface area contributed by atoms with E-state index in [2.05, 4.69) is 40.7 Å². The molecule has 1 heteroatoms. The highest BCUT2D eigenvalue weighted by Crippen LogP contribution is 2.31. The minimum absolute atomic E-state index is 0.262. The highest BCUT2D eigenvalue weighted by molar-refractivity contribution is 5.46. The molecule has 1 aromatic rings. The van der Waals surface area contributed by atoms with Crippen LogP contribution in [0, 0.1) is 27.7 Å². The summed E-state index contributed by atoms with van der Waals surface area (Å²) in [6.07, 6.45) is 2.19. The third-order valence-corrected chi connectivity index (χ3v) is 3.69. The second-order valence-corrected chi connectivity index (χ2v) is 4.84. The van der Waals surface area contributed by atoms with Crippen molar-refractivity contribution in [3.63, 3.8) is 0 Å². The fraction of sp³-hybridized carbons (Fsp3) is 0.600. The Hall–Kier alpha value is -0.820. The Morgan fingerprint density at radius 1 is 1.06 bits per heavy atom. The van der Waals surface area contributed by atoms with Crippen LogP contribution in [-0.2, 0) is 0 Å². The number of aryl methyl sites for hydroxylation is 2. The van der Waals surface area contributed by atoms with Crippen LogP contribution in [0.15, 0.2) is 6.07 Å². The summed E-state index contributed by atoms with van der Waals surface area (Å²) in [4.78, 5) is 0. The van der Waals surface area contributed by atoms with E-state index >= 15 is 0 Å². The van der Waals surface area contributed by atoms with Gasteiger partial charge in [-0.15, -0.1) is 0 Å². The van der Waals surface area contributed by atoms with Gasteiger partial charge < -0.3 is 5.11 Å². The molecule has 90 valence electrons. The molecule has 1 rings (SSSR count). The Morgan fingerprint density at radius 3 is 1.94 bits per heavy atom. The molecular formula is C15H24O. The molecule has 1 atom stereocenters. The molecule has 1 aromatic carbocycles. The van der Waals surface area contributed by atoms with Crippen LogP contribution in [0.25, 0.3) is 0 Å². The molecule has 1 nitrogen and oxygen atoms in total. The lowest BCUT2D eigenvalue weighted by Crippen LogP contribution is -2.10. The van der Waals surface area contributed by atoms with Gasteiger partial charge in [-0.2, -0.15) is 0 Å². The lowest BCUT2D eigenvalue weighted by Gasteiger charge is -2.22. The zero-order valence-corrected chi connectivity index (χ0v) is 11.2. The molecule has 0 aliphatic heterocycles. The number of benzene rings is 1. The number of hydrogen-bond acceptors (Lipinski definition) is 1. The number of aliphatic hydroxyl groups is 1. The molecule has 0 aliphatic rings. The van der Waals surface area contributed by atoms with Crippen LogP contribution in [-0.4, -0.2) is 11.7 Å². The van der Waals surface area contributed by atoms with Gasteiger partial charge in [0.1, 0.15) is 0 Å². The minimum atomic E-state index is 0.262. The molecular weight excluding hydrogens is 196 g/mol. The normalized spacial score (nSPS) is 12.9. The average molecular weight is 220 g/mol. The van der Waals surface area contributed by atoms with Crippen LogP contribution in [0.3, 0.4) is 0 Å². The molecule has 1 unspecified atom stereocenters. The van der Waals surface area contributed by atoms with Crippen molar-refractivity contribution in [2.75, 3.05) is 6.61 Å². The molecule has 0 radical (unpaired) electrons. The first-order valence-electron chi connectivity index (χ1n) is 6.21. The van der Waals surface area contributed by atoms with E-state index in [0.29, 0.717) is 5.92 Å². The Balaban J connectivity index is 3.29. The first kappa shape index (κ1) is 13.2. The van der Waals surface area contributed by atoms with Gasteiger partial charge in [0.2, 0.25) is 0 Å². The Labute approximate surface area is 99.5 Å². The van der Waals surface area contributed by atoms with Crippen molar-refractivity contribution in [3.05, 3.63) is 33.9 Å². The van der Waals surface area contributed by atoms with Crippen LogP contribution in [0.5, 0.6) is 0 Å². The smallest absolute Gasteiger partial charge is 0.0499 e. The van der Waals surface area contributed by atoms with Gasteiger partial charge in [-0.05, 0) is 61.9 Å². The fourth-order valence-corrected chi connectivity index (χ4v) is 2.54. The molecule has 0 saturated heterocycles. The summed E-state index contributed by atoms with van der Waals surface area (Å²) >= 11 is 0. The summed E-state index contributed by atoms with van der Waals surface area (Å²) < 4.78 is 0. The SMILES string of the molecule is CCCC(CO)c1c(C)c(C)cc(C)c1C. The van der Waals surface area contributed by atoms with Gasteiger partial charge in [0.25, 0.3) is 0 Å². The maximum atomic E-state index is 9.54. The molecule has 0 saturated carbocycles. The highest BCUT2D eigenvalue weighted by Gasteiger charge is 2.17. The predicted molar refractivity (Wildman–Crippen MR) is 70.1 cm³/mol. The van der Waals surface area contributed by atoms with E-state index in [1.165, 1.54) is 27.8 Å². The highest BCUT2D eigenvalue weighted by atomic mass is 16.3. The van der Waals surface area contributed by atoms with Crippen LogP contribution < -0.4 is 0 Å². The summed E-state index contributed by atoms with van der Waals surface area (Å²) in [6.45, 7) is 11.1. The summed E-state index contributed by atoms with van der Waals surface area (Å²) in [5, 5.41) is 9.54. The van der Waals surface area contributed by atoms with Crippen molar-refractivity contribution in [1.82, 2.24) is 0 Å². The van der Waals surface area contributed by atoms with Gasteiger partial charge in [-0.25, -0.2) is 0 Å². The maximum absolute atomic E-state index is 9.54. The third-order valence-electron chi connectivity index (χ3n) is 3.69. The molecule has 0 amide bonds. The molecule has 0 bridgehead atoms. The van der Waals surface area contributed by atoms with Crippen LogP contribution in [0.1, 0.15) is 53.5 Å². The number of aliphatic hydroxyl groups excluding tert-OH is 1. The lowest BCUT2D eigenvalue weighted by atomic mass is 9.84. The average Bonchev–Trinajstić information content (AvgIpc) is 2.25. The fourth-order valence-electron chi connectivity index (χ4n) is 2.54.